The first kappa shape index (κ1) is 19.2. The third kappa shape index (κ3) is 4.31. The van der Waals surface area contributed by atoms with Gasteiger partial charge in [-0.15, -0.1) is 0 Å². The van der Waals surface area contributed by atoms with Crippen LogP contribution in [-0.2, 0) is 16.1 Å². The number of amides is 2. The molecular weight excluding hydrogens is 372 g/mol. The Balaban J connectivity index is 1.31. The predicted molar refractivity (Wildman–Crippen MR) is 106 cm³/mol. The van der Waals surface area contributed by atoms with Crippen LogP contribution in [0.1, 0.15) is 35.3 Å². The molecule has 2 aliphatic rings. The van der Waals surface area contributed by atoms with E-state index < -0.39 is 0 Å². The van der Waals surface area contributed by atoms with Crippen LogP contribution in [0, 0.1) is 12.8 Å². The Kier molecular flexibility index (Phi) is 5.33. The van der Waals surface area contributed by atoms with Crippen LogP contribution in [0.4, 0.5) is 5.69 Å². The summed E-state index contributed by atoms with van der Waals surface area (Å²) < 4.78 is 7.12. The first-order valence-corrected chi connectivity index (χ1v) is 9.88. The summed E-state index contributed by atoms with van der Waals surface area (Å²) in [7, 11) is 0. The fraction of sp³-hybridized carbons (Fsp3) is 0.429. The predicted octanol–water partition coefficient (Wildman–Crippen LogP) is 2.03. The van der Waals surface area contributed by atoms with Crippen LogP contribution in [-0.4, -0.2) is 52.0 Å². The quantitative estimate of drug-likeness (QED) is 0.781. The third-order valence-corrected chi connectivity index (χ3v) is 5.44. The van der Waals surface area contributed by atoms with Crippen LogP contribution in [0.2, 0.25) is 0 Å². The highest BCUT2D eigenvalue weighted by Crippen LogP contribution is 2.30. The van der Waals surface area contributed by atoms with Gasteiger partial charge in [0.15, 0.2) is 12.4 Å². The number of benzene rings is 1. The van der Waals surface area contributed by atoms with Crippen molar-refractivity contribution >= 4 is 23.3 Å². The lowest BCUT2D eigenvalue weighted by molar-refractivity contribution is -0.132. The first-order valence-electron chi connectivity index (χ1n) is 9.88. The Labute approximate surface area is 168 Å². The van der Waals surface area contributed by atoms with Gasteiger partial charge in [-0.25, -0.2) is 0 Å². The summed E-state index contributed by atoms with van der Waals surface area (Å²) in [5, 5.41) is 7.03. The number of hydrogen-bond donors (Lipinski definition) is 1. The number of Topliss-reactive ketones (excluding diaryl/α,β-unsaturated/α-hetero) is 1. The monoisotopic (exact) mass is 396 g/mol. The Morgan fingerprint density at radius 1 is 1.24 bits per heavy atom. The number of nitrogens with one attached hydrogen (secondary N) is 1. The molecular formula is C21H24N4O4. The summed E-state index contributed by atoms with van der Waals surface area (Å²) in [5.41, 5.74) is 2.03. The molecule has 1 fully saturated rings. The van der Waals surface area contributed by atoms with Crippen molar-refractivity contribution in [3.05, 3.63) is 41.7 Å². The Morgan fingerprint density at radius 3 is 2.76 bits per heavy atom. The Bertz CT molecular complexity index is 944. The van der Waals surface area contributed by atoms with Crippen molar-refractivity contribution in [3.8, 4) is 5.75 Å². The van der Waals surface area contributed by atoms with E-state index in [1.165, 1.54) is 0 Å². The molecule has 152 valence electrons. The molecule has 0 aliphatic carbocycles. The number of aromatic nitrogens is 2. The summed E-state index contributed by atoms with van der Waals surface area (Å²) in [6.45, 7) is 3.64. The van der Waals surface area contributed by atoms with Gasteiger partial charge in [0.1, 0.15) is 5.75 Å². The molecule has 2 aliphatic heterocycles. The number of ether oxygens (including phenoxy) is 1. The van der Waals surface area contributed by atoms with Gasteiger partial charge < -0.3 is 15.0 Å². The molecule has 0 atom stereocenters. The standard InChI is InChI=1S/C21H24N4O4/c1-14-4-10-25(23-14)11-7-20(27)24-8-5-15(6-9-24)21(28)16-2-3-18-17(12-16)22-19(26)13-29-18/h2-4,10,12,15H,5-9,11,13H2,1H3,(H,22,26). The van der Waals surface area contributed by atoms with Gasteiger partial charge in [-0.3, -0.25) is 19.1 Å². The number of ketones is 1. The molecule has 1 aromatic carbocycles. The fourth-order valence-electron chi connectivity index (χ4n) is 3.82. The molecule has 0 radical (unpaired) electrons. The van der Waals surface area contributed by atoms with Gasteiger partial charge in [0.25, 0.3) is 5.91 Å². The molecule has 0 unspecified atom stereocenters. The molecule has 3 heterocycles. The normalized spacial score (nSPS) is 16.7. The minimum atomic E-state index is -0.223. The lowest BCUT2D eigenvalue weighted by atomic mass is 9.88. The molecule has 0 saturated carbocycles. The van der Waals surface area contributed by atoms with E-state index in [-0.39, 0.29) is 30.1 Å². The smallest absolute Gasteiger partial charge is 0.262 e. The second-order valence-corrected chi connectivity index (χ2v) is 7.54. The number of anilines is 1. The number of carbonyl (C=O) groups is 3. The van der Waals surface area contributed by atoms with Gasteiger partial charge in [-0.2, -0.15) is 5.10 Å². The number of aryl methyl sites for hydroxylation is 2. The van der Waals surface area contributed by atoms with E-state index in [0.29, 0.717) is 55.9 Å². The number of fused-ring (bicyclic) bond motifs is 1. The molecule has 8 nitrogen and oxygen atoms in total. The molecule has 8 heteroatoms. The van der Waals surface area contributed by atoms with Crippen LogP contribution >= 0.6 is 0 Å². The maximum atomic E-state index is 12.9. The van der Waals surface area contributed by atoms with Crippen molar-refractivity contribution < 1.29 is 19.1 Å². The van der Waals surface area contributed by atoms with Gasteiger partial charge in [0, 0.05) is 43.7 Å². The summed E-state index contributed by atoms with van der Waals surface area (Å²) in [6.07, 6.45) is 3.57. The maximum Gasteiger partial charge on any atom is 0.262 e. The third-order valence-electron chi connectivity index (χ3n) is 5.44. The van der Waals surface area contributed by atoms with Crippen LogP contribution in [0.3, 0.4) is 0 Å². The number of rotatable bonds is 5. The molecule has 0 bridgehead atoms. The molecule has 29 heavy (non-hydrogen) atoms. The van der Waals surface area contributed by atoms with E-state index in [1.807, 2.05) is 24.1 Å². The van der Waals surface area contributed by atoms with E-state index >= 15 is 0 Å². The Morgan fingerprint density at radius 2 is 2.03 bits per heavy atom. The van der Waals surface area contributed by atoms with Gasteiger partial charge in [-0.05, 0) is 44.0 Å². The molecule has 4 rings (SSSR count). The van der Waals surface area contributed by atoms with Crippen LogP contribution in [0.25, 0.3) is 0 Å². The number of carbonyl (C=O) groups excluding carboxylic acids is 3. The number of hydrogen-bond acceptors (Lipinski definition) is 5. The second-order valence-electron chi connectivity index (χ2n) is 7.54. The summed E-state index contributed by atoms with van der Waals surface area (Å²) in [6, 6.07) is 7.05. The molecule has 1 N–H and O–H groups in total. The van der Waals surface area contributed by atoms with E-state index in [1.54, 1.807) is 22.9 Å². The highest BCUT2D eigenvalue weighted by molar-refractivity contribution is 6.01. The van der Waals surface area contributed by atoms with Crippen molar-refractivity contribution in [2.75, 3.05) is 25.0 Å². The van der Waals surface area contributed by atoms with Crippen LogP contribution in [0.5, 0.6) is 5.75 Å². The molecule has 2 amide bonds. The van der Waals surface area contributed by atoms with Crippen molar-refractivity contribution in [2.45, 2.75) is 32.7 Å². The molecule has 1 aromatic heterocycles. The Hall–Kier alpha value is -3.16. The highest BCUT2D eigenvalue weighted by Gasteiger charge is 2.28. The van der Waals surface area contributed by atoms with Crippen molar-refractivity contribution in [1.82, 2.24) is 14.7 Å². The van der Waals surface area contributed by atoms with E-state index in [9.17, 15) is 14.4 Å². The lowest BCUT2D eigenvalue weighted by Crippen LogP contribution is -2.40. The molecule has 2 aromatic rings. The fourth-order valence-corrected chi connectivity index (χ4v) is 3.82. The molecule has 1 saturated heterocycles. The zero-order chi connectivity index (χ0) is 20.4. The van der Waals surface area contributed by atoms with Crippen molar-refractivity contribution in [1.29, 1.82) is 0 Å². The summed E-state index contributed by atoms with van der Waals surface area (Å²) in [5.74, 6) is 0.378. The topological polar surface area (TPSA) is 93.5 Å². The van der Waals surface area contributed by atoms with Gasteiger partial charge in [-0.1, -0.05) is 0 Å². The highest BCUT2D eigenvalue weighted by atomic mass is 16.5. The minimum absolute atomic E-state index is 0.00716. The average molecular weight is 396 g/mol. The maximum absolute atomic E-state index is 12.9. The van der Waals surface area contributed by atoms with Crippen molar-refractivity contribution in [2.24, 2.45) is 5.92 Å². The van der Waals surface area contributed by atoms with Crippen LogP contribution in [0.15, 0.2) is 30.5 Å². The number of likely N-dealkylation sites (tertiary alicyclic amines) is 1. The molecule has 0 spiro atoms. The zero-order valence-electron chi connectivity index (χ0n) is 16.4. The van der Waals surface area contributed by atoms with E-state index in [2.05, 4.69) is 10.4 Å². The van der Waals surface area contributed by atoms with E-state index in [4.69, 9.17) is 4.74 Å². The van der Waals surface area contributed by atoms with Crippen molar-refractivity contribution in [3.63, 3.8) is 0 Å². The first-order chi connectivity index (χ1) is 14.0. The van der Waals surface area contributed by atoms with E-state index in [0.717, 1.165) is 5.69 Å². The van der Waals surface area contributed by atoms with Crippen LogP contribution < -0.4 is 10.1 Å². The van der Waals surface area contributed by atoms with Gasteiger partial charge in [0.2, 0.25) is 5.91 Å². The number of piperidine rings is 1. The second kappa shape index (κ2) is 8.06. The SMILES string of the molecule is Cc1ccn(CCC(=O)N2CCC(C(=O)c3ccc4c(c3)NC(=O)CO4)CC2)n1. The summed E-state index contributed by atoms with van der Waals surface area (Å²) in [4.78, 5) is 38.7. The minimum Gasteiger partial charge on any atom is -0.482 e. The van der Waals surface area contributed by atoms with Gasteiger partial charge >= 0.3 is 0 Å². The lowest BCUT2D eigenvalue weighted by Gasteiger charge is -2.31. The summed E-state index contributed by atoms with van der Waals surface area (Å²) >= 11 is 0. The average Bonchev–Trinajstić information content (AvgIpc) is 3.16. The number of nitrogens with zero attached hydrogens (tertiary/aromatic N) is 3. The largest absolute Gasteiger partial charge is 0.482 e. The van der Waals surface area contributed by atoms with Gasteiger partial charge in [0.05, 0.1) is 11.4 Å². The zero-order valence-corrected chi connectivity index (χ0v) is 16.4.